The lowest BCUT2D eigenvalue weighted by molar-refractivity contribution is -0.0178. The molecule has 0 saturated heterocycles. The molecule has 2 amide bonds. The van der Waals surface area contributed by atoms with Crippen molar-refractivity contribution in [3.8, 4) is 5.88 Å². The zero-order valence-corrected chi connectivity index (χ0v) is 22.9. The van der Waals surface area contributed by atoms with E-state index in [4.69, 9.17) is 14.2 Å². The second kappa shape index (κ2) is 12.1. The normalized spacial score (nSPS) is 26.2. The monoisotopic (exact) mass is 504 g/mol. The van der Waals surface area contributed by atoms with E-state index in [9.17, 15) is 9.59 Å². The minimum Gasteiger partial charge on any atom is -0.477 e. The summed E-state index contributed by atoms with van der Waals surface area (Å²) in [4.78, 5) is 25.2. The zero-order chi connectivity index (χ0) is 26.5. The van der Waals surface area contributed by atoms with Crippen LogP contribution in [0.2, 0.25) is 0 Å². The Labute approximate surface area is 215 Å². The van der Waals surface area contributed by atoms with Gasteiger partial charge in [-0.05, 0) is 69.3 Å². The van der Waals surface area contributed by atoms with E-state index in [0.29, 0.717) is 35.8 Å². The van der Waals surface area contributed by atoms with Crippen molar-refractivity contribution in [2.24, 2.45) is 23.7 Å². The fraction of sp³-hybridized carbons (Fsp3) is 0.741. The van der Waals surface area contributed by atoms with E-state index in [1.54, 1.807) is 30.3 Å². The third-order valence-electron chi connectivity index (χ3n) is 7.40. The van der Waals surface area contributed by atoms with E-state index >= 15 is 0 Å². The molecule has 2 fully saturated rings. The summed E-state index contributed by atoms with van der Waals surface area (Å²) < 4.78 is 18.0. The number of carbonyl (C=O) groups is 2. The third-order valence-corrected chi connectivity index (χ3v) is 7.40. The molecule has 2 aliphatic carbocycles. The molecule has 0 spiro atoms. The minimum atomic E-state index is -0.692. The highest BCUT2D eigenvalue weighted by Gasteiger charge is 2.43. The van der Waals surface area contributed by atoms with Crippen LogP contribution in [-0.2, 0) is 9.47 Å². The van der Waals surface area contributed by atoms with Gasteiger partial charge >= 0.3 is 6.09 Å². The van der Waals surface area contributed by atoms with Crippen LogP contribution in [0.5, 0.6) is 5.88 Å². The zero-order valence-electron chi connectivity index (χ0n) is 22.9. The van der Waals surface area contributed by atoms with Crippen molar-refractivity contribution < 1.29 is 23.8 Å². The first-order chi connectivity index (χ1) is 17.1. The second-order valence-electron chi connectivity index (χ2n) is 11.3. The molecule has 3 unspecified atom stereocenters. The number of fused-ring (bicyclic) bond motifs is 2. The van der Waals surface area contributed by atoms with Crippen LogP contribution in [0.1, 0.15) is 77.1 Å². The first-order valence-electron chi connectivity index (χ1n) is 13.2. The molecule has 36 heavy (non-hydrogen) atoms. The van der Waals surface area contributed by atoms with Crippen LogP contribution in [0, 0.1) is 23.7 Å². The predicted octanol–water partition coefficient (Wildman–Crippen LogP) is 4.48. The van der Waals surface area contributed by atoms with Crippen LogP contribution in [0.25, 0.3) is 6.20 Å². The number of carbonyl (C=O) groups excluding carboxylic acids is 2. The van der Waals surface area contributed by atoms with Crippen LogP contribution < -0.4 is 15.4 Å². The molecule has 9 heteroatoms. The molecule has 1 aromatic heterocycles. The summed E-state index contributed by atoms with van der Waals surface area (Å²) in [6.07, 6.45) is 10.2. The average Bonchev–Trinajstić information content (AvgIpc) is 3.25. The van der Waals surface area contributed by atoms with Crippen LogP contribution in [0.3, 0.4) is 0 Å². The van der Waals surface area contributed by atoms with Crippen molar-refractivity contribution in [3.63, 3.8) is 0 Å². The van der Waals surface area contributed by atoms with Crippen molar-refractivity contribution in [2.75, 3.05) is 20.8 Å². The Kier molecular flexibility index (Phi) is 9.44. The van der Waals surface area contributed by atoms with Gasteiger partial charge in [-0.2, -0.15) is 5.10 Å². The number of hydrogen-bond acceptors (Lipinski definition) is 6. The number of ether oxygens (including phenoxy) is 3. The van der Waals surface area contributed by atoms with Crippen LogP contribution in [0.15, 0.2) is 12.3 Å². The molecule has 2 N–H and O–H groups in total. The van der Waals surface area contributed by atoms with Gasteiger partial charge in [0.05, 0.1) is 31.6 Å². The summed E-state index contributed by atoms with van der Waals surface area (Å²) in [5.41, 5.74) is -0.280. The largest absolute Gasteiger partial charge is 0.477 e. The van der Waals surface area contributed by atoms with Gasteiger partial charge in [-0.15, -0.1) is 0 Å². The van der Waals surface area contributed by atoms with Crippen LogP contribution in [0.4, 0.5) is 4.79 Å². The molecule has 1 aromatic rings. The van der Waals surface area contributed by atoms with Gasteiger partial charge < -0.3 is 24.8 Å². The number of nitrogens with zero attached hydrogens (tertiary/aromatic N) is 2. The number of alkyl carbamates (subject to hydrolysis) is 1. The van der Waals surface area contributed by atoms with Gasteiger partial charge in [-0.3, -0.25) is 4.79 Å². The van der Waals surface area contributed by atoms with Crippen molar-refractivity contribution >= 4 is 18.2 Å². The Hall–Kier alpha value is -2.55. The smallest absolute Gasteiger partial charge is 0.407 e. The summed E-state index contributed by atoms with van der Waals surface area (Å²) in [6.45, 7) is 10.4. The standard InChI is InChI=1S/C27H44N4O5/c1-8-19-11-18-12-20(14-21(13-18)34-6)23(19)29-24(32)22-15-28-31(25(22)36-16-17(2)3)10-9-27(4,5)30-26(33)35-7/h9-10,15,17-21,23H,8,11-14,16H2,1-7H3,(H,29,32)(H,30,33)/b10-9+/t18?,19?,20?,21-,23+/m1/s1. The number of aromatic nitrogens is 2. The topological polar surface area (TPSA) is 104 Å². The quantitative estimate of drug-likeness (QED) is 0.487. The van der Waals surface area contributed by atoms with Crippen molar-refractivity contribution in [2.45, 2.75) is 84.4 Å². The first-order valence-corrected chi connectivity index (χ1v) is 13.2. The summed E-state index contributed by atoms with van der Waals surface area (Å²) in [7, 11) is 3.11. The van der Waals surface area contributed by atoms with E-state index < -0.39 is 11.6 Å². The Morgan fingerprint density at radius 2 is 1.97 bits per heavy atom. The summed E-state index contributed by atoms with van der Waals surface area (Å²) in [6, 6.07) is 0.108. The van der Waals surface area contributed by atoms with Gasteiger partial charge in [0.15, 0.2) is 0 Å². The molecule has 0 aliphatic heterocycles. The Balaban J connectivity index is 1.82. The number of rotatable bonds is 10. The molecular formula is C27H44N4O5. The van der Waals surface area contributed by atoms with E-state index in [0.717, 1.165) is 32.1 Å². The summed E-state index contributed by atoms with van der Waals surface area (Å²) in [5, 5.41) is 10.5. The van der Waals surface area contributed by atoms with E-state index in [1.807, 2.05) is 13.8 Å². The highest BCUT2D eigenvalue weighted by atomic mass is 16.5. The van der Waals surface area contributed by atoms with E-state index in [-0.39, 0.29) is 24.0 Å². The average molecular weight is 505 g/mol. The summed E-state index contributed by atoms with van der Waals surface area (Å²) in [5.74, 6) is 2.05. The molecular weight excluding hydrogens is 460 g/mol. The maximum atomic E-state index is 13.6. The molecule has 2 aliphatic rings. The molecule has 2 saturated carbocycles. The number of methoxy groups -OCH3 is 2. The van der Waals surface area contributed by atoms with Gasteiger partial charge in [0.2, 0.25) is 5.88 Å². The number of hydrogen-bond donors (Lipinski definition) is 2. The maximum Gasteiger partial charge on any atom is 0.407 e. The molecule has 2 bridgehead atoms. The Morgan fingerprint density at radius 1 is 1.22 bits per heavy atom. The maximum absolute atomic E-state index is 13.6. The SMILES string of the molecule is CCC1CC2CC(C[C@H](OC)C2)[C@H]1NC(=O)c1cnn(/C=C/C(C)(C)NC(=O)OC)c1OCC(C)C. The third kappa shape index (κ3) is 7.02. The van der Waals surface area contributed by atoms with E-state index in [2.05, 4.69) is 36.5 Å². The Bertz CT molecular complexity index is 925. The molecule has 1 heterocycles. The molecule has 3 rings (SSSR count). The highest BCUT2D eigenvalue weighted by Crippen LogP contribution is 2.44. The van der Waals surface area contributed by atoms with Gasteiger partial charge in [-0.25, -0.2) is 9.48 Å². The molecule has 202 valence electrons. The fourth-order valence-corrected chi connectivity index (χ4v) is 5.56. The van der Waals surface area contributed by atoms with Gasteiger partial charge in [-0.1, -0.05) is 27.2 Å². The molecule has 0 radical (unpaired) electrons. The molecule has 0 aromatic carbocycles. The highest BCUT2D eigenvalue weighted by molar-refractivity contribution is 5.96. The van der Waals surface area contributed by atoms with Crippen molar-refractivity contribution in [1.29, 1.82) is 0 Å². The first kappa shape index (κ1) is 28.0. The molecule has 9 nitrogen and oxygen atoms in total. The van der Waals surface area contributed by atoms with Gasteiger partial charge in [0, 0.05) is 19.4 Å². The second-order valence-corrected chi connectivity index (χ2v) is 11.3. The minimum absolute atomic E-state index is 0.108. The molecule has 5 atom stereocenters. The predicted molar refractivity (Wildman–Crippen MR) is 139 cm³/mol. The van der Waals surface area contributed by atoms with Crippen LogP contribution >= 0.6 is 0 Å². The Morgan fingerprint density at radius 3 is 2.61 bits per heavy atom. The van der Waals surface area contributed by atoms with Gasteiger partial charge in [0.25, 0.3) is 5.91 Å². The van der Waals surface area contributed by atoms with Crippen molar-refractivity contribution in [3.05, 3.63) is 17.8 Å². The fourth-order valence-electron chi connectivity index (χ4n) is 5.56. The lowest BCUT2D eigenvalue weighted by atomic mass is 9.63. The van der Waals surface area contributed by atoms with Gasteiger partial charge in [0.1, 0.15) is 5.56 Å². The van der Waals surface area contributed by atoms with Crippen molar-refractivity contribution in [1.82, 2.24) is 20.4 Å². The number of amides is 2. The van der Waals surface area contributed by atoms with Crippen LogP contribution in [-0.4, -0.2) is 60.3 Å². The number of nitrogens with one attached hydrogen (secondary N) is 2. The van der Waals surface area contributed by atoms with E-state index in [1.165, 1.54) is 7.11 Å². The lowest BCUT2D eigenvalue weighted by Crippen LogP contribution is -2.52. The lowest BCUT2D eigenvalue weighted by Gasteiger charge is -2.47. The summed E-state index contributed by atoms with van der Waals surface area (Å²) >= 11 is 0.